The Balaban J connectivity index is 1.64. The molecule has 0 bridgehead atoms. The zero-order valence-corrected chi connectivity index (χ0v) is 16.3. The summed E-state index contributed by atoms with van der Waals surface area (Å²) >= 11 is 0. The van der Waals surface area contributed by atoms with Crippen LogP contribution in [0.4, 0.5) is 17.2 Å². The minimum absolute atomic E-state index is 0.0402. The summed E-state index contributed by atoms with van der Waals surface area (Å²) in [6.07, 6.45) is 1.18. The SMILES string of the molecule is COC(=O)c1ccc(Nc2ncnc(Oc3ccc4ccccc4c3)c2[N+](=O)[O-])cc1. The maximum absolute atomic E-state index is 11.8. The van der Waals surface area contributed by atoms with Gasteiger partial charge in [-0.3, -0.25) is 10.1 Å². The zero-order valence-electron chi connectivity index (χ0n) is 16.3. The van der Waals surface area contributed by atoms with Crippen molar-refractivity contribution in [3.63, 3.8) is 0 Å². The molecule has 1 N–H and O–H groups in total. The van der Waals surface area contributed by atoms with Crippen molar-refractivity contribution in [1.29, 1.82) is 0 Å². The van der Waals surface area contributed by atoms with E-state index in [4.69, 9.17) is 4.74 Å². The second-order valence-corrected chi connectivity index (χ2v) is 6.44. The first-order valence-electron chi connectivity index (χ1n) is 9.16. The van der Waals surface area contributed by atoms with Crippen molar-refractivity contribution in [3.05, 3.63) is 88.7 Å². The first kappa shape index (κ1) is 19.8. The van der Waals surface area contributed by atoms with E-state index in [2.05, 4.69) is 20.0 Å². The molecule has 0 saturated heterocycles. The van der Waals surface area contributed by atoms with Gasteiger partial charge >= 0.3 is 17.5 Å². The van der Waals surface area contributed by atoms with Crippen LogP contribution in [0.5, 0.6) is 11.6 Å². The second-order valence-electron chi connectivity index (χ2n) is 6.44. The molecule has 0 atom stereocenters. The molecule has 1 heterocycles. The number of carbonyl (C=O) groups excluding carboxylic acids is 1. The van der Waals surface area contributed by atoms with E-state index in [0.717, 1.165) is 10.8 Å². The molecule has 0 fully saturated rings. The monoisotopic (exact) mass is 416 g/mol. The van der Waals surface area contributed by atoms with Crippen molar-refractivity contribution in [2.45, 2.75) is 0 Å². The van der Waals surface area contributed by atoms with E-state index in [1.165, 1.54) is 25.6 Å². The predicted molar refractivity (Wildman–Crippen MR) is 114 cm³/mol. The Bertz CT molecular complexity index is 1270. The average molecular weight is 416 g/mol. The van der Waals surface area contributed by atoms with Gasteiger partial charge in [0.05, 0.1) is 17.6 Å². The number of esters is 1. The summed E-state index contributed by atoms with van der Waals surface area (Å²) in [5.74, 6) is -0.301. The molecule has 4 aromatic rings. The first-order valence-corrected chi connectivity index (χ1v) is 9.16. The number of fused-ring (bicyclic) bond motifs is 1. The second kappa shape index (κ2) is 8.46. The molecule has 0 aliphatic carbocycles. The molecule has 31 heavy (non-hydrogen) atoms. The standard InChI is InChI=1S/C22H16N4O5/c1-30-22(27)15-6-9-17(10-7-15)25-20-19(26(28)29)21(24-13-23-20)31-18-11-8-14-4-2-3-5-16(14)12-18/h2-13H,1H3,(H,23,24,25). The number of hydrogen-bond donors (Lipinski definition) is 1. The molecule has 0 saturated carbocycles. The number of benzene rings is 3. The molecule has 1 aromatic heterocycles. The van der Waals surface area contributed by atoms with E-state index in [9.17, 15) is 14.9 Å². The van der Waals surface area contributed by atoms with Crippen LogP contribution in [0.1, 0.15) is 10.4 Å². The number of ether oxygens (including phenoxy) is 2. The fraction of sp³-hybridized carbons (Fsp3) is 0.0455. The maximum Gasteiger partial charge on any atom is 0.373 e. The molecule has 9 nitrogen and oxygen atoms in total. The summed E-state index contributed by atoms with van der Waals surface area (Å²) in [4.78, 5) is 30.6. The molecule has 0 radical (unpaired) electrons. The Kier molecular flexibility index (Phi) is 5.39. The third-order valence-electron chi connectivity index (χ3n) is 4.48. The third-order valence-corrected chi connectivity index (χ3v) is 4.48. The van der Waals surface area contributed by atoms with Gasteiger partial charge in [0, 0.05) is 5.69 Å². The average Bonchev–Trinajstić information content (AvgIpc) is 2.79. The number of nitrogens with one attached hydrogen (secondary N) is 1. The molecule has 3 aromatic carbocycles. The first-order chi connectivity index (χ1) is 15.0. The van der Waals surface area contributed by atoms with Gasteiger partial charge in [-0.05, 0) is 47.2 Å². The summed E-state index contributed by atoms with van der Waals surface area (Å²) in [6, 6.07) is 19.3. The molecule has 4 rings (SSSR count). The Morgan fingerprint density at radius 2 is 1.74 bits per heavy atom. The van der Waals surface area contributed by atoms with Gasteiger partial charge < -0.3 is 14.8 Å². The summed E-state index contributed by atoms with van der Waals surface area (Å²) in [6.45, 7) is 0. The number of aromatic nitrogens is 2. The highest BCUT2D eigenvalue weighted by molar-refractivity contribution is 5.90. The zero-order chi connectivity index (χ0) is 21.8. The van der Waals surface area contributed by atoms with Gasteiger partial charge in [0.15, 0.2) is 0 Å². The Morgan fingerprint density at radius 1 is 1.00 bits per heavy atom. The van der Waals surface area contributed by atoms with Gasteiger partial charge in [0.1, 0.15) is 12.1 Å². The number of carbonyl (C=O) groups is 1. The van der Waals surface area contributed by atoms with Crippen molar-refractivity contribution in [2.24, 2.45) is 0 Å². The Morgan fingerprint density at radius 3 is 2.45 bits per heavy atom. The number of methoxy groups -OCH3 is 1. The van der Waals surface area contributed by atoms with E-state index in [-0.39, 0.29) is 11.7 Å². The van der Waals surface area contributed by atoms with Crippen molar-refractivity contribution < 1.29 is 19.2 Å². The molecule has 0 unspecified atom stereocenters. The van der Waals surface area contributed by atoms with Gasteiger partial charge in [-0.25, -0.2) is 9.78 Å². The van der Waals surface area contributed by atoms with Gasteiger partial charge in [-0.2, -0.15) is 4.98 Å². The van der Waals surface area contributed by atoms with Crippen molar-refractivity contribution in [3.8, 4) is 11.6 Å². The van der Waals surface area contributed by atoms with Gasteiger partial charge in [0.2, 0.25) is 5.82 Å². The maximum atomic E-state index is 11.8. The van der Waals surface area contributed by atoms with Crippen LogP contribution >= 0.6 is 0 Å². The smallest absolute Gasteiger partial charge is 0.373 e. The third kappa shape index (κ3) is 4.25. The molecule has 0 aliphatic heterocycles. The number of nitrogens with zero attached hydrogens (tertiary/aromatic N) is 3. The molecule has 154 valence electrons. The lowest BCUT2D eigenvalue weighted by molar-refractivity contribution is -0.385. The number of nitro groups is 1. The predicted octanol–water partition coefficient (Wildman–Crippen LogP) is 4.86. The van der Waals surface area contributed by atoms with Crippen LogP contribution < -0.4 is 10.1 Å². The summed E-state index contributed by atoms with van der Waals surface area (Å²) in [5.41, 5.74) is 0.435. The number of rotatable bonds is 6. The lowest BCUT2D eigenvalue weighted by Gasteiger charge is -2.10. The number of hydrogen-bond acceptors (Lipinski definition) is 8. The summed E-state index contributed by atoms with van der Waals surface area (Å²) in [5, 5.41) is 16.6. The Hall–Kier alpha value is -4.53. The summed E-state index contributed by atoms with van der Waals surface area (Å²) < 4.78 is 10.4. The van der Waals surface area contributed by atoms with Crippen molar-refractivity contribution >= 4 is 33.9 Å². The van der Waals surface area contributed by atoms with Crippen LogP contribution in [0, 0.1) is 10.1 Å². The summed E-state index contributed by atoms with van der Waals surface area (Å²) in [7, 11) is 1.29. The highest BCUT2D eigenvalue weighted by Crippen LogP contribution is 2.36. The van der Waals surface area contributed by atoms with Crippen LogP contribution in [0.25, 0.3) is 10.8 Å². The minimum atomic E-state index is -0.610. The molecule has 9 heteroatoms. The molecule has 0 spiro atoms. The molecular weight excluding hydrogens is 400 g/mol. The fourth-order valence-corrected chi connectivity index (χ4v) is 2.98. The van der Waals surface area contributed by atoms with E-state index in [1.807, 2.05) is 30.3 Å². The van der Waals surface area contributed by atoms with Crippen LogP contribution in [-0.4, -0.2) is 28.0 Å². The lowest BCUT2D eigenvalue weighted by atomic mass is 10.1. The highest BCUT2D eigenvalue weighted by atomic mass is 16.6. The molecular formula is C22H16N4O5. The van der Waals surface area contributed by atoms with Gasteiger partial charge in [-0.1, -0.05) is 30.3 Å². The van der Waals surface area contributed by atoms with Crippen LogP contribution in [-0.2, 0) is 4.74 Å². The van der Waals surface area contributed by atoms with E-state index in [1.54, 1.807) is 24.3 Å². The molecule has 0 aliphatic rings. The highest BCUT2D eigenvalue weighted by Gasteiger charge is 2.25. The van der Waals surface area contributed by atoms with Crippen LogP contribution in [0.15, 0.2) is 73.1 Å². The minimum Gasteiger partial charge on any atom is -0.465 e. The lowest BCUT2D eigenvalue weighted by Crippen LogP contribution is -2.04. The quantitative estimate of drug-likeness (QED) is 0.269. The fourth-order valence-electron chi connectivity index (χ4n) is 2.98. The van der Waals surface area contributed by atoms with Crippen molar-refractivity contribution in [2.75, 3.05) is 12.4 Å². The van der Waals surface area contributed by atoms with E-state index < -0.39 is 16.6 Å². The number of anilines is 2. The van der Waals surface area contributed by atoms with Crippen LogP contribution in [0.2, 0.25) is 0 Å². The molecule has 0 amide bonds. The largest absolute Gasteiger partial charge is 0.465 e. The van der Waals surface area contributed by atoms with Gasteiger partial charge in [0.25, 0.3) is 0 Å². The van der Waals surface area contributed by atoms with E-state index in [0.29, 0.717) is 17.0 Å². The van der Waals surface area contributed by atoms with Crippen LogP contribution in [0.3, 0.4) is 0 Å². The normalized spacial score (nSPS) is 10.5. The Labute approximate surface area is 176 Å². The van der Waals surface area contributed by atoms with E-state index >= 15 is 0 Å². The van der Waals surface area contributed by atoms with Crippen molar-refractivity contribution in [1.82, 2.24) is 9.97 Å². The topological polar surface area (TPSA) is 116 Å². The van der Waals surface area contributed by atoms with Gasteiger partial charge in [-0.15, -0.1) is 0 Å².